The van der Waals surface area contributed by atoms with Crippen LogP contribution in [0.5, 0.6) is 0 Å². The van der Waals surface area contributed by atoms with Gasteiger partial charge in [-0.2, -0.15) is 0 Å². The van der Waals surface area contributed by atoms with Crippen molar-refractivity contribution in [1.82, 2.24) is 4.90 Å². The van der Waals surface area contributed by atoms with E-state index < -0.39 is 0 Å². The molecule has 0 aliphatic carbocycles. The van der Waals surface area contributed by atoms with Crippen LogP contribution in [-0.4, -0.2) is 35.7 Å². The number of nitrogens with zero attached hydrogens (tertiary/aromatic N) is 1. The third-order valence-corrected chi connectivity index (χ3v) is 4.25. The lowest BCUT2D eigenvalue weighted by Crippen LogP contribution is -2.43. The van der Waals surface area contributed by atoms with Crippen LogP contribution in [0.25, 0.3) is 0 Å². The van der Waals surface area contributed by atoms with Gasteiger partial charge in [0.25, 0.3) is 0 Å². The van der Waals surface area contributed by atoms with Crippen LogP contribution in [0.3, 0.4) is 0 Å². The molecule has 1 aliphatic rings. The van der Waals surface area contributed by atoms with Gasteiger partial charge in [0.15, 0.2) is 0 Å². The van der Waals surface area contributed by atoms with E-state index >= 15 is 0 Å². The zero-order valence-corrected chi connectivity index (χ0v) is 14.5. The van der Waals surface area contributed by atoms with Gasteiger partial charge in [-0.25, -0.2) is 0 Å². The summed E-state index contributed by atoms with van der Waals surface area (Å²) in [5.74, 6) is -0.263. The number of piperidine rings is 1. The lowest BCUT2D eigenvalue weighted by atomic mass is 9.96. The van der Waals surface area contributed by atoms with E-state index in [0.717, 1.165) is 30.6 Å². The van der Waals surface area contributed by atoms with Crippen LogP contribution in [0, 0.1) is 12.8 Å². The Bertz CT molecular complexity index is 642. The van der Waals surface area contributed by atoms with E-state index in [1.807, 2.05) is 19.9 Å². The summed E-state index contributed by atoms with van der Waals surface area (Å²) in [7, 11) is 0. The molecule has 1 aliphatic heterocycles. The Balaban J connectivity index is 2.00. The number of benzene rings is 1. The second-order valence-corrected chi connectivity index (χ2v) is 6.23. The maximum absolute atomic E-state index is 12.5. The van der Waals surface area contributed by atoms with E-state index in [9.17, 15) is 14.4 Å². The quantitative estimate of drug-likeness (QED) is 0.890. The van der Waals surface area contributed by atoms with E-state index in [2.05, 4.69) is 10.6 Å². The second-order valence-electron chi connectivity index (χ2n) is 6.23. The first-order valence-corrected chi connectivity index (χ1v) is 8.37. The highest BCUT2D eigenvalue weighted by Crippen LogP contribution is 2.22. The van der Waals surface area contributed by atoms with Crippen molar-refractivity contribution in [2.24, 2.45) is 5.92 Å². The molecule has 0 radical (unpaired) electrons. The van der Waals surface area contributed by atoms with Gasteiger partial charge in [-0.15, -0.1) is 0 Å². The van der Waals surface area contributed by atoms with Crippen molar-refractivity contribution >= 4 is 29.1 Å². The molecule has 1 heterocycles. The van der Waals surface area contributed by atoms with Crippen LogP contribution in [0.1, 0.15) is 38.7 Å². The summed E-state index contributed by atoms with van der Waals surface area (Å²) in [5, 5.41) is 5.67. The zero-order valence-electron chi connectivity index (χ0n) is 14.5. The number of nitrogens with one attached hydrogen (secondary N) is 2. The third kappa shape index (κ3) is 4.57. The van der Waals surface area contributed by atoms with Gasteiger partial charge in [0.2, 0.25) is 17.7 Å². The summed E-state index contributed by atoms with van der Waals surface area (Å²) in [6, 6.07) is 5.38. The Morgan fingerprint density at radius 3 is 2.62 bits per heavy atom. The van der Waals surface area contributed by atoms with Gasteiger partial charge in [-0.05, 0) is 43.5 Å². The molecule has 0 aromatic heterocycles. The van der Waals surface area contributed by atoms with Crippen molar-refractivity contribution in [3.05, 3.63) is 23.8 Å². The first-order valence-electron chi connectivity index (χ1n) is 8.37. The molecule has 24 heavy (non-hydrogen) atoms. The van der Waals surface area contributed by atoms with E-state index in [4.69, 9.17) is 0 Å². The van der Waals surface area contributed by atoms with Crippen LogP contribution in [0.15, 0.2) is 18.2 Å². The number of carbonyl (C=O) groups is 3. The lowest BCUT2D eigenvalue weighted by Gasteiger charge is -2.32. The fraction of sp³-hybridized carbons (Fsp3) is 0.500. The van der Waals surface area contributed by atoms with Crippen LogP contribution in [0.2, 0.25) is 0 Å². The Labute approximate surface area is 142 Å². The monoisotopic (exact) mass is 331 g/mol. The summed E-state index contributed by atoms with van der Waals surface area (Å²) in [6.45, 7) is 6.40. The molecule has 1 atom stereocenters. The van der Waals surface area contributed by atoms with E-state index in [1.165, 1.54) is 6.92 Å². The SMILES string of the molecule is CCC(=O)N1CCCC(C(=O)Nc2ccc(NC(C)=O)c(C)c2)C1. The van der Waals surface area contributed by atoms with Gasteiger partial charge in [0, 0.05) is 37.8 Å². The van der Waals surface area contributed by atoms with Crippen molar-refractivity contribution in [3.8, 4) is 0 Å². The first-order chi connectivity index (χ1) is 11.4. The van der Waals surface area contributed by atoms with Crippen LogP contribution in [-0.2, 0) is 14.4 Å². The molecule has 2 N–H and O–H groups in total. The molecular formula is C18H25N3O3. The normalized spacial score (nSPS) is 17.3. The number of anilines is 2. The number of likely N-dealkylation sites (tertiary alicyclic amines) is 1. The highest BCUT2D eigenvalue weighted by molar-refractivity contribution is 5.94. The second kappa shape index (κ2) is 7.95. The topological polar surface area (TPSA) is 78.5 Å². The maximum Gasteiger partial charge on any atom is 0.229 e. The molecule has 3 amide bonds. The zero-order chi connectivity index (χ0) is 17.7. The first kappa shape index (κ1) is 18.0. The molecule has 6 nitrogen and oxygen atoms in total. The predicted molar refractivity (Wildman–Crippen MR) is 93.7 cm³/mol. The molecule has 0 bridgehead atoms. The molecule has 1 aromatic rings. The average molecular weight is 331 g/mol. The number of carbonyl (C=O) groups excluding carboxylic acids is 3. The standard InChI is InChI=1S/C18H25N3O3/c1-4-17(23)21-9-5-6-14(11-21)18(24)20-15-7-8-16(12(2)10-15)19-13(3)22/h7-8,10,14H,4-6,9,11H2,1-3H3,(H,19,22)(H,20,24). The van der Waals surface area contributed by atoms with Crippen LogP contribution < -0.4 is 10.6 Å². The molecular weight excluding hydrogens is 306 g/mol. The smallest absolute Gasteiger partial charge is 0.229 e. The molecule has 6 heteroatoms. The van der Waals surface area contributed by atoms with Crippen molar-refractivity contribution in [3.63, 3.8) is 0 Å². The average Bonchev–Trinajstić information content (AvgIpc) is 2.56. The van der Waals surface area contributed by atoms with Gasteiger partial charge < -0.3 is 15.5 Å². The molecule has 1 saturated heterocycles. The summed E-state index contributed by atoms with van der Waals surface area (Å²) >= 11 is 0. The lowest BCUT2D eigenvalue weighted by molar-refractivity contribution is -0.134. The maximum atomic E-state index is 12.5. The summed E-state index contributed by atoms with van der Waals surface area (Å²) < 4.78 is 0. The largest absolute Gasteiger partial charge is 0.342 e. The summed E-state index contributed by atoms with van der Waals surface area (Å²) in [6.07, 6.45) is 2.12. The molecule has 2 rings (SSSR count). The Morgan fingerprint density at radius 2 is 2.00 bits per heavy atom. The van der Waals surface area contributed by atoms with Gasteiger partial charge in [-0.3, -0.25) is 14.4 Å². The Hall–Kier alpha value is -2.37. The molecule has 1 unspecified atom stereocenters. The number of hydrogen-bond acceptors (Lipinski definition) is 3. The minimum absolute atomic E-state index is 0.0599. The summed E-state index contributed by atoms with van der Waals surface area (Å²) in [4.78, 5) is 37.2. The minimum Gasteiger partial charge on any atom is -0.342 e. The van der Waals surface area contributed by atoms with Crippen molar-refractivity contribution < 1.29 is 14.4 Å². The Morgan fingerprint density at radius 1 is 1.25 bits per heavy atom. The Kier molecular flexibility index (Phi) is 5.95. The van der Waals surface area contributed by atoms with Gasteiger partial charge in [0.1, 0.15) is 0 Å². The van der Waals surface area contributed by atoms with E-state index in [0.29, 0.717) is 18.7 Å². The van der Waals surface area contributed by atoms with Gasteiger partial charge in [0.05, 0.1) is 5.92 Å². The van der Waals surface area contributed by atoms with Gasteiger partial charge in [-0.1, -0.05) is 6.92 Å². The fourth-order valence-corrected chi connectivity index (χ4v) is 2.96. The van der Waals surface area contributed by atoms with Crippen LogP contribution >= 0.6 is 0 Å². The molecule has 0 saturated carbocycles. The van der Waals surface area contributed by atoms with Crippen molar-refractivity contribution in [2.45, 2.75) is 40.0 Å². The van der Waals surface area contributed by atoms with Crippen molar-refractivity contribution in [2.75, 3.05) is 23.7 Å². The molecule has 1 aromatic carbocycles. The number of aryl methyl sites for hydroxylation is 1. The minimum atomic E-state index is -0.176. The highest BCUT2D eigenvalue weighted by Gasteiger charge is 2.27. The predicted octanol–water partition coefficient (Wildman–Crippen LogP) is 2.54. The molecule has 1 fully saturated rings. The number of hydrogen-bond donors (Lipinski definition) is 2. The summed E-state index contributed by atoms with van der Waals surface area (Å²) in [5.41, 5.74) is 2.32. The molecule has 130 valence electrons. The third-order valence-electron chi connectivity index (χ3n) is 4.25. The van der Waals surface area contributed by atoms with Gasteiger partial charge >= 0.3 is 0 Å². The van der Waals surface area contributed by atoms with Crippen LogP contribution in [0.4, 0.5) is 11.4 Å². The number of amides is 3. The number of rotatable bonds is 4. The van der Waals surface area contributed by atoms with E-state index in [1.54, 1.807) is 17.0 Å². The van der Waals surface area contributed by atoms with E-state index in [-0.39, 0.29) is 23.6 Å². The molecule has 0 spiro atoms. The van der Waals surface area contributed by atoms with Crippen molar-refractivity contribution in [1.29, 1.82) is 0 Å². The fourth-order valence-electron chi connectivity index (χ4n) is 2.96. The highest BCUT2D eigenvalue weighted by atomic mass is 16.2.